The van der Waals surface area contributed by atoms with Gasteiger partial charge in [0.25, 0.3) is 0 Å². The maximum Gasteiger partial charge on any atom is 0.331 e. The molecule has 2 aliphatic rings. The van der Waals surface area contributed by atoms with Crippen molar-refractivity contribution in [2.24, 2.45) is 0 Å². The van der Waals surface area contributed by atoms with Crippen LogP contribution in [0.5, 0.6) is 0 Å². The zero-order chi connectivity index (χ0) is 22.7. The molecule has 0 saturated carbocycles. The Morgan fingerprint density at radius 2 is 1.72 bits per heavy atom. The summed E-state index contributed by atoms with van der Waals surface area (Å²) in [6.45, 7) is 3.85. The summed E-state index contributed by atoms with van der Waals surface area (Å²) < 4.78 is 10.2. The highest BCUT2D eigenvalue weighted by Crippen LogP contribution is 2.52. The van der Waals surface area contributed by atoms with Crippen LogP contribution < -0.4 is 0 Å². The minimum absolute atomic E-state index is 0.0892. The quantitative estimate of drug-likeness (QED) is 0.362. The molecule has 0 aliphatic carbocycles. The molecule has 166 valence electrons. The van der Waals surface area contributed by atoms with Crippen molar-refractivity contribution < 1.29 is 23.9 Å². The molecule has 1 amide bonds. The van der Waals surface area contributed by atoms with Gasteiger partial charge in [0.2, 0.25) is 5.91 Å². The van der Waals surface area contributed by atoms with E-state index in [9.17, 15) is 14.4 Å². The summed E-state index contributed by atoms with van der Waals surface area (Å²) in [6, 6.07) is 18.2. The van der Waals surface area contributed by atoms with Crippen molar-refractivity contribution in [3.8, 4) is 0 Å². The van der Waals surface area contributed by atoms with E-state index >= 15 is 0 Å². The van der Waals surface area contributed by atoms with E-state index in [2.05, 4.69) is 0 Å². The maximum atomic E-state index is 13.5. The van der Waals surface area contributed by atoms with E-state index in [-0.39, 0.29) is 17.9 Å². The zero-order valence-corrected chi connectivity index (χ0v) is 18.8. The van der Waals surface area contributed by atoms with Crippen molar-refractivity contribution in [2.75, 3.05) is 6.61 Å². The van der Waals surface area contributed by atoms with Gasteiger partial charge in [-0.15, -0.1) is 11.8 Å². The Morgan fingerprint density at radius 1 is 1.12 bits per heavy atom. The molecule has 0 radical (unpaired) electrons. The van der Waals surface area contributed by atoms with Crippen LogP contribution in [0.2, 0.25) is 0 Å². The van der Waals surface area contributed by atoms with E-state index < -0.39 is 28.8 Å². The second-order valence-corrected chi connectivity index (χ2v) is 9.55. The lowest BCUT2D eigenvalue weighted by atomic mass is 9.95. The number of ether oxygens (including phenoxy) is 2. The third-order valence-corrected chi connectivity index (χ3v) is 7.19. The smallest absolute Gasteiger partial charge is 0.331 e. The van der Waals surface area contributed by atoms with Gasteiger partial charge in [-0.3, -0.25) is 4.79 Å². The van der Waals surface area contributed by atoms with Crippen LogP contribution in [0.15, 0.2) is 72.8 Å². The molecule has 2 saturated heterocycles. The number of hydrogen-bond acceptors (Lipinski definition) is 6. The number of esters is 2. The highest BCUT2D eigenvalue weighted by molar-refractivity contribution is 8.01. The number of amides is 1. The van der Waals surface area contributed by atoms with Crippen LogP contribution >= 0.6 is 11.8 Å². The van der Waals surface area contributed by atoms with Gasteiger partial charge in [0.1, 0.15) is 6.04 Å². The minimum atomic E-state index is -0.834. The summed E-state index contributed by atoms with van der Waals surface area (Å²) in [6.07, 6.45) is 2.76. The monoisotopic (exact) mass is 451 g/mol. The lowest BCUT2D eigenvalue weighted by Crippen LogP contribution is -2.57. The average molecular weight is 452 g/mol. The van der Waals surface area contributed by atoms with Crippen molar-refractivity contribution >= 4 is 29.6 Å². The molecular formula is C25H25NO5S. The molecule has 4 rings (SSSR count). The van der Waals surface area contributed by atoms with Gasteiger partial charge < -0.3 is 14.4 Å². The van der Waals surface area contributed by atoms with Crippen molar-refractivity contribution in [2.45, 2.75) is 42.5 Å². The molecule has 7 heteroatoms. The van der Waals surface area contributed by atoms with Gasteiger partial charge in [-0.1, -0.05) is 66.7 Å². The largest absolute Gasteiger partial charge is 0.463 e. The first-order valence-electron chi connectivity index (χ1n) is 10.6. The number of rotatable bonds is 7. The van der Waals surface area contributed by atoms with E-state index in [1.165, 1.54) is 17.8 Å². The Bertz CT molecular complexity index is 986. The summed E-state index contributed by atoms with van der Waals surface area (Å²) in [5.41, 5.74) is 1.68. The molecule has 0 N–H and O–H groups in total. The molecule has 2 heterocycles. The maximum absolute atomic E-state index is 13.5. The average Bonchev–Trinajstić information content (AvgIpc) is 3.04. The van der Waals surface area contributed by atoms with Gasteiger partial charge in [0.15, 0.2) is 6.10 Å². The fourth-order valence-corrected chi connectivity index (χ4v) is 5.76. The summed E-state index contributed by atoms with van der Waals surface area (Å²) in [7, 11) is 0. The van der Waals surface area contributed by atoms with Crippen LogP contribution in [-0.2, 0) is 23.9 Å². The zero-order valence-electron chi connectivity index (χ0n) is 18.0. The number of thioether (sulfide) groups is 1. The van der Waals surface area contributed by atoms with Crippen molar-refractivity contribution in [3.63, 3.8) is 0 Å². The molecule has 2 aliphatic heterocycles. The Balaban J connectivity index is 1.64. The lowest BCUT2D eigenvalue weighted by Gasteiger charge is -2.38. The predicted octanol–water partition coefficient (Wildman–Crippen LogP) is 3.87. The van der Waals surface area contributed by atoms with E-state index in [4.69, 9.17) is 9.47 Å². The normalized spacial score (nSPS) is 24.3. The predicted molar refractivity (Wildman–Crippen MR) is 122 cm³/mol. The second kappa shape index (κ2) is 9.20. The second-order valence-electron chi connectivity index (χ2n) is 7.89. The highest BCUT2D eigenvalue weighted by atomic mass is 32.2. The summed E-state index contributed by atoms with van der Waals surface area (Å²) in [5.74, 6) is -1.07. The van der Waals surface area contributed by atoms with Crippen molar-refractivity contribution in [3.05, 3.63) is 83.9 Å². The first-order valence-corrected chi connectivity index (χ1v) is 11.5. The van der Waals surface area contributed by atoms with Gasteiger partial charge in [-0.2, -0.15) is 0 Å². The third kappa shape index (κ3) is 4.30. The van der Waals surface area contributed by atoms with E-state index in [0.29, 0.717) is 6.42 Å². The Hall–Kier alpha value is -3.06. The Labute approximate surface area is 191 Å². The molecule has 0 spiro atoms. The molecule has 2 aromatic rings. The molecule has 3 atom stereocenters. The first-order chi connectivity index (χ1) is 15.4. The van der Waals surface area contributed by atoms with Crippen molar-refractivity contribution in [1.29, 1.82) is 0 Å². The number of fused-ring (bicyclic) bond motifs is 1. The van der Waals surface area contributed by atoms with Gasteiger partial charge in [0.05, 0.1) is 23.1 Å². The standard InChI is InChI=1S/C25H25NO5S/c1-3-30-21(28)14-15-25(2)23(26-19(27)16-20(26)32-25)24(29)31-22(17-10-6-4-7-11-17)18-12-8-5-9-13-18/h4-15,20,22-23H,3,16H2,1-2H3/b15-14+/t20-,23+,25+/m1/s1. The molecule has 6 nitrogen and oxygen atoms in total. The summed E-state index contributed by atoms with van der Waals surface area (Å²) in [4.78, 5) is 39.4. The molecule has 2 fully saturated rings. The number of carbonyl (C=O) groups excluding carboxylic acids is 3. The fourth-order valence-electron chi connectivity index (χ4n) is 4.11. The Kier molecular flexibility index (Phi) is 6.37. The number of hydrogen-bond donors (Lipinski definition) is 0. The van der Waals surface area contributed by atoms with Crippen LogP contribution in [0.1, 0.15) is 37.5 Å². The van der Waals surface area contributed by atoms with E-state index in [1.54, 1.807) is 17.9 Å². The van der Waals surface area contributed by atoms with Crippen LogP contribution in [0.4, 0.5) is 0 Å². The van der Waals surface area contributed by atoms with Crippen LogP contribution in [0.3, 0.4) is 0 Å². The van der Waals surface area contributed by atoms with Crippen LogP contribution in [-0.4, -0.2) is 45.5 Å². The molecule has 0 aromatic heterocycles. The lowest BCUT2D eigenvalue weighted by molar-refractivity contribution is -0.163. The highest BCUT2D eigenvalue weighted by Gasteiger charge is 2.60. The Morgan fingerprint density at radius 3 is 2.25 bits per heavy atom. The topological polar surface area (TPSA) is 72.9 Å². The minimum Gasteiger partial charge on any atom is -0.463 e. The van der Waals surface area contributed by atoms with Gasteiger partial charge in [0, 0.05) is 6.08 Å². The first kappa shape index (κ1) is 22.1. The SMILES string of the molecule is CCOC(=O)/C=C/[C@]1(C)S[C@@H]2CC(=O)N2[C@H]1C(=O)OC(c1ccccc1)c1ccccc1. The molecule has 2 aromatic carbocycles. The van der Waals surface area contributed by atoms with E-state index in [0.717, 1.165) is 11.1 Å². The number of carbonyl (C=O) groups is 3. The van der Waals surface area contributed by atoms with Gasteiger partial charge >= 0.3 is 11.9 Å². The van der Waals surface area contributed by atoms with E-state index in [1.807, 2.05) is 67.6 Å². The molecule has 32 heavy (non-hydrogen) atoms. The molecular weight excluding hydrogens is 426 g/mol. The van der Waals surface area contributed by atoms with Gasteiger partial charge in [-0.25, -0.2) is 9.59 Å². The summed E-state index contributed by atoms with van der Waals surface area (Å²) in [5, 5.41) is -0.108. The van der Waals surface area contributed by atoms with Crippen molar-refractivity contribution in [1.82, 2.24) is 4.90 Å². The van der Waals surface area contributed by atoms with Crippen LogP contribution in [0.25, 0.3) is 0 Å². The number of benzene rings is 2. The molecule has 0 bridgehead atoms. The summed E-state index contributed by atoms with van der Waals surface area (Å²) >= 11 is 1.49. The fraction of sp³-hybridized carbons (Fsp3) is 0.320. The number of nitrogens with zero attached hydrogens (tertiary/aromatic N) is 1. The van der Waals surface area contributed by atoms with Gasteiger partial charge in [-0.05, 0) is 25.0 Å². The number of β-lactam (4-membered cyclic amide) rings is 1. The third-order valence-electron chi connectivity index (χ3n) is 5.66. The van der Waals surface area contributed by atoms with Crippen LogP contribution in [0, 0.1) is 0 Å². The molecule has 0 unspecified atom stereocenters.